The molecule has 1 atom stereocenters. The van der Waals surface area contributed by atoms with Crippen LogP contribution in [-0.4, -0.2) is 0 Å². The Hall–Kier alpha value is -1.82. The van der Waals surface area contributed by atoms with Crippen LogP contribution in [0.25, 0.3) is 0 Å². The molecule has 0 saturated carbocycles. The highest BCUT2D eigenvalue weighted by Crippen LogP contribution is 2.19. The molecule has 0 heteroatoms. The summed E-state index contributed by atoms with van der Waals surface area (Å²) >= 11 is 0. The summed E-state index contributed by atoms with van der Waals surface area (Å²) in [6, 6.07) is 21.3. The van der Waals surface area contributed by atoms with Crippen molar-refractivity contribution in [1.29, 1.82) is 0 Å². The van der Waals surface area contributed by atoms with E-state index < -0.39 is 0 Å². The zero-order valence-corrected chi connectivity index (χ0v) is 11.1. The molecule has 2 aromatic rings. The SMILES string of the molecule is C/C(=C\C(C)c1ccccc1)Cc1ccccc1. The highest BCUT2D eigenvalue weighted by atomic mass is 14.1. The Bertz CT molecular complexity index is 494. The number of rotatable bonds is 4. The first-order valence-electron chi connectivity index (χ1n) is 6.52. The largest absolute Gasteiger partial charge is 0.0780 e. The number of hydrogen-bond donors (Lipinski definition) is 0. The van der Waals surface area contributed by atoms with Crippen LogP contribution in [0.2, 0.25) is 0 Å². The molecule has 0 nitrogen and oxygen atoms in total. The second-order valence-electron chi connectivity index (χ2n) is 4.87. The van der Waals surface area contributed by atoms with E-state index in [1.165, 1.54) is 16.7 Å². The van der Waals surface area contributed by atoms with Crippen LogP contribution in [0.5, 0.6) is 0 Å². The number of benzene rings is 2. The van der Waals surface area contributed by atoms with E-state index in [4.69, 9.17) is 0 Å². The van der Waals surface area contributed by atoms with Gasteiger partial charge in [0, 0.05) is 0 Å². The van der Waals surface area contributed by atoms with E-state index in [0.29, 0.717) is 5.92 Å². The van der Waals surface area contributed by atoms with E-state index in [-0.39, 0.29) is 0 Å². The van der Waals surface area contributed by atoms with Crippen molar-refractivity contribution in [2.24, 2.45) is 0 Å². The average Bonchev–Trinajstić information content (AvgIpc) is 2.40. The Kier molecular flexibility index (Phi) is 4.35. The predicted octanol–water partition coefficient (Wildman–Crippen LogP) is 4.98. The normalized spacial score (nSPS) is 13.3. The molecule has 0 aliphatic carbocycles. The lowest BCUT2D eigenvalue weighted by Gasteiger charge is -2.09. The summed E-state index contributed by atoms with van der Waals surface area (Å²) in [5.74, 6) is 0.481. The van der Waals surface area contributed by atoms with E-state index >= 15 is 0 Å². The maximum Gasteiger partial charge on any atom is -0.000775 e. The molecule has 0 N–H and O–H groups in total. The second kappa shape index (κ2) is 6.20. The fourth-order valence-corrected chi connectivity index (χ4v) is 2.26. The Morgan fingerprint density at radius 1 is 0.944 bits per heavy atom. The van der Waals surface area contributed by atoms with Crippen LogP contribution < -0.4 is 0 Å². The van der Waals surface area contributed by atoms with Crippen LogP contribution in [-0.2, 0) is 6.42 Å². The van der Waals surface area contributed by atoms with E-state index in [2.05, 4.69) is 80.6 Å². The molecule has 0 aromatic heterocycles. The molecule has 0 heterocycles. The first-order valence-corrected chi connectivity index (χ1v) is 6.52. The van der Waals surface area contributed by atoms with Crippen molar-refractivity contribution in [3.05, 3.63) is 83.4 Å². The molecule has 0 saturated heterocycles. The van der Waals surface area contributed by atoms with E-state index in [9.17, 15) is 0 Å². The minimum Gasteiger partial charge on any atom is -0.0780 e. The molecule has 0 amide bonds. The molecule has 0 radical (unpaired) electrons. The van der Waals surface area contributed by atoms with Gasteiger partial charge in [-0.2, -0.15) is 0 Å². The smallest absolute Gasteiger partial charge is 0.000775 e. The van der Waals surface area contributed by atoms with E-state index in [1.54, 1.807) is 0 Å². The van der Waals surface area contributed by atoms with Gasteiger partial charge in [-0.15, -0.1) is 0 Å². The van der Waals surface area contributed by atoms with Crippen LogP contribution in [0.4, 0.5) is 0 Å². The number of allylic oxidation sites excluding steroid dienone is 2. The van der Waals surface area contributed by atoms with Gasteiger partial charge in [0.25, 0.3) is 0 Å². The topological polar surface area (TPSA) is 0 Å². The molecule has 0 aliphatic heterocycles. The van der Waals surface area contributed by atoms with Gasteiger partial charge in [-0.05, 0) is 30.4 Å². The van der Waals surface area contributed by atoms with Crippen molar-refractivity contribution >= 4 is 0 Å². The maximum atomic E-state index is 2.36. The monoisotopic (exact) mass is 236 g/mol. The molecule has 0 spiro atoms. The fraction of sp³-hybridized carbons (Fsp3) is 0.222. The van der Waals surface area contributed by atoms with Crippen molar-refractivity contribution in [2.45, 2.75) is 26.2 Å². The first kappa shape index (κ1) is 12.6. The Balaban J connectivity index is 2.05. The van der Waals surface area contributed by atoms with Crippen molar-refractivity contribution < 1.29 is 0 Å². The maximum absolute atomic E-state index is 2.36. The van der Waals surface area contributed by atoms with Crippen molar-refractivity contribution in [1.82, 2.24) is 0 Å². The van der Waals surface area contributed by atoms with Crippen LogP contribution in [0.15, 0.2) is 72.3 Å². The molecule has 0 aliphatic rings. The van der Waals surface area contributed by atoms with Gasteiger partial charge in [0.15, 0.2) is 0 Å². The molecule has 18 heavy (non-hydrogen) atoms. The predicted molar refractivity (Wildman–Crippen MR) is 78.8 cm³/mol. The Morgan fingerprint density at radius 3 is 2.11 bits per heavy atom. The van der Waals surface area contributed by atoms with Gasteiger partial charge in [0.1, 0.15) is 0 Å². The highest BCUT2D eigenvalue weighted by Gasteiger charge is 2.02. The van der Waals surface area contributed by atoms with Gasteiger partial charge < -0.3 is 0 Å². The van der Waals surface area contributed by atoms with Crippen molar-refractivity contribution in [2.75, 3.05) is 0 Å². The summed E-state index contributed by atoms with van der Waals surface area (Å²) in [7, 11) is 0. The van der Waals surface area contributed by atoms with Crippen LogP contribution in [0.3, 0.4) is 0 Å². The third kappa shape index (κ3) is 3.59. The Morgan fingerprint density at radius 2 is 1.50 bits per heavy atom. The summed E-state index contributed by atoms with van der Waals surface area (Å²) < 4.78 is 0. The molecule has 0 bridgehead atoms. The molecule has 92 valence electrons. The first-order chi connectivity index (χ1) is 8.75. The molecule has 0 fully saturated rings. The summed E-state index contributed by atoms with van der Waals surface area (Å²) in [6.45, 7) is 4.47. The quantitative estimate of drug-likeness (QED) is 0.657. The van der Waals surface area contributed by atoms with Gasteiger partial charge in [-0.3, -0.25) is 0 Å². The summed E-state index contributed by atoms with van der Waals surface area (Å²) in [5, 5.41) is 0. The number of hydrogen-bond acceptors (Lipinski definition) is 0. The van der Waals surface area contributed by atoms with Crippen LogP contribution in [0.1, 0.15) is 30.9 Å². The van der Waals surface area contributed by atoms with Gasteiger partial charge in [-0.25, -0.2) is 0 Å². The van der Waals surface area contributed by atoms with Gasteiger partial charge >= 0.3 is 0 Å². The lowest BCUT2D eigenvalue weighted by molar-refractivity contribution is 0.938. The molecule has 1 unspecified atom stereocenters. The molecular weight excluding hydrogens is 216 g/mol. The van der Waals surface area contributed by atoms with Crippen molar-refractivity contribution in [3.63, 3.8) is 0 Å². The van der Waals surface area contributed by atoms with Crippen LogP contribution >= 0.6 is 0 Å². The van der Waals surface area contributed by atoms with Gasteiger partial charge in [0.05, 0.1) is 0 Å². The zero-order valence-electron chi connectivity index (χ0n) is 11.1. The third-order valence-electron chi connectivity index (χ3n) is 3.19. The minimum atomic E-state index is 0.481. The third-order valence-corrected chi connectivity index (χ3v) is 3.19. The fourth-order valence-electron chi connectivity index (χ4n) is 2.26. The lowest BCUT2D eigenvalue weighted by Crippen LogP contribution is -1.92. The standard InChI is InChI=1S/C18H20/c1-15(14-17-9-5-3-6-10-17)13-16(2)18-11-7-4-8-12-18/h3-13,16H,14H2,1-2H3/b15-13+. The van der Waals surface area contributed by atoms with E-state index in [0.717, 1.165) is 6.42 Å². The molecule has 2 aromatic carbocycles. The highest BCUT2D eigenvalue weighted by molar-refractivity contribution is 5.27. The summed E-state index contributed by atoms with van der Waals surface area (Å²) in [6.07, 6.45) is 3.40. The lowest BCUT2D eigenvalue weighted by atomic mass is 9.96. The molecule has 2 rings (SSSR count). The second-order valence-corrected chi connectivity index (χ2v) is 4.87. The van der Waals surface area contributed by atoms with Gasteiger partial charge in [-0.1, -0.05) is 79.2 Å². The zero-order chi connectivity index (χ0) is 12.8. The molecular formula is C18H20. The summed E-state index contributed by atoms with van der Waals surface area (Å²) in [4.78, 5) is 0. The van der Waals surface area contributed by atoms with Gasteiger partial charge in [0.2, 0.25) is 0 Å². The van der Waals surface area contributed by atoms with Crippen LogP contribution in [0, 0.1) is 0 Å². The Labute approximate surface area is 110 Å². The van der Waals surface area contributed by atoms with Crippen molar-refractivity contribution in [3.8, 4) is 0 Å². The summed E-state index contributed by atoms with van der Waals surface area (Å²) in [5.41, 5.74) is 4.19. The minimum absolute atomic E-state index is 0.481. The average molecular weight is 236 g/mol. The van der Waals surface area contributed by atoms with E-state index in [1.807, 2.05) is 0 Å².